The van der Waals surface area contributed by atoms with E-state index in [9.17, 15) is 24.5 Å². The van der Waals surface area contributed by atoms with Crippen molar-refractivity contribution >= 4 is 29.7 Å². The minimum atomic E-state index is -1.11. The smallest absolute Gasteiger partial charge is 0.335 e. The van der Waals surface area contributed by atoms with Gasteiger partial charge in [-0.2, -0.15) is 10.1 Å². The molecule has 2 aliphatic carbocycles. The molecule has 1 saturated heterocycles. The Hall–Kier alpha value is -4.54. The lowest BCUT2D eigenvalue weighted by atomic mass is 9.85. The molecular formula is C25H21N3O8. The van der Waals surface area contributed by atoms with Gasteiger partial charge in [-0.25, -0.2) is 4.79 Å². The molecule has 2 aromatic carbocycles. The van der Waals surface area contributed by atoms with E-state index >= 15 is 0 Å². The van der Waals surface area contributed by atoms with Crippen molar-refractivity contribution in [3.8, 4) is 11.5 Å². The van der Waals surface area contributed by atoms with E-state index in [2.05, 4.69) is 5.10 Å². The molecule has 36 heavy (non-hydrogen) atoms. The van der Waals surface area contributed by atoms with Crippen LogP contribution in [0.2, 0.25) is 0 Å². The molecule has 2 amide bonds. The third-order valence-corrected chi connectivity index (χ3v) is 6.80. The van der Waals surface area contributed by atoms with Crippen LogP contribution >= 0.6 is 0 Å². The van der Waals surface area contributed by atoms with Gasteiger partial charge in [0.1, 0.15) is 6.61 Å². The zero-order chi connectivity index (χ0) is 25.6. The SMILES string of the molecule is COc1cc(C=NN2C(=O)[C@@H]3[C@H](C2=O)[C@H]2C=C[C@H]3C2)cc([N+](=O)[O-])c1OCc1cccc(C(=O)O)c1. The van der Waals surface area contributed by atoms with Crippen molar-refractivity contribution in [3.05, 3.63) is 75.4 Å². The van der Waals surface area contributed by atoms with Crippen LogP contribution in [0.3, 0.4) is 0 Å². The average molecular weight is 491 g/mol. The van der Waals surface area contributed by atoms with E-state index < -0.39 is 28.4 Å². The molecule has 184 valence electrons. The average Bonchev–Trinajstić information content (AvgIpc) is 3.55. The number of carbonyl (C=O) groups is 3. The number of ether oxygens (including phenoxy) is 2. The zero-order valence-corrected chi connectivity index (χ0v) is 19.1. The van der Waals surface area contributed by atoms with E-state index in [1.54, 1.807) is 12.1 Å². The van der Waals surface area contributed by atoms with Gasteiger partial charge in [0.25, 0.3) is 11.8 Å². The number of nitro groups is 1. The third kappa shape index (κ3) is 3.88. The molecule has 0 spiro atoms. The Morgan fingerprint density at radius 2 is 1.89 bits per heavy atom. The number of carboxylic acid groups (broad SMARTS) is 1. The lowest BCUT2D eigenvalue weighted by molar-refractivity contribution is -0.386. The Bertz CT molecular complexity index is 1320. The number of aromatic carboxylic acids is 1. The van der Waals surface area contributed by atoms with Crippen molar-refractivity contribution in [2.75, 3.05) is 7.11 Å². The molecule has 1 saturated carbocycles. The Morgan fingerprint density at radius 1 is 1.19 bits per heavy atom. The number of carboxylic acids is 1. The number of nitrogens with zero attached hydrogens (tertiary/aromatic N) is 3. The van der Waals surface area contributed by atoms with Gasteiger partial charge < -0.3 is 14.6 Å². The van der Waals surface area contributed by atoms with E-state index in [4.69, 9.17) is 14.6 Å². The fraction of sp³-hybridized carbons (Fsp3) is 0.280. The molecule has 1 N–H and O–H groups in total. The first-order chi connectivity index (χ1) is 17.3. The van der Waals surface area contributed by atoms with Crippen LogP contribution in [0.1, 0.15) is 27.9 Å². The summed E-state index contributed by atoms with van der Waals surface area (Å²) in [5, 5.41) is 25.9. The number of rotatable bonds is 8. The Balaban J connectivity index is 1.39. The molecule has 0 unspecified atom stereocenters. The minimum absolute atomic E-state index is 0.0400. The van der Waals surface area contributed by atoms with Crippen molar-refractivity contribution in [1.82, 2.24) is 5.01 Å². The van der Waals surface area contributed by atoms with E-state index in [1.165, 1.54) is 37.6 Å². The molecule has 0 radical (unpaired) electrons. The normalized spacial score (nSPS) is 24.0. The van der Waals surface area contributed by atoms with Gasteiger partial charge in [-0.1, -0.05) is 24.3 Å². The topological polar surface area (TPSA) is 149 Å². The Kier molecular flexibility index (Phi) is 5.75. The number of hydrogen-bond acceptors (Lipinski definition) is 8. The van der Waals surface area contributed by atoms with Gasteiger partial charge in [0.05, 0.1) is 35.6 Å². The summed E-state index contributed by atoms with van der Waals surface area (Å²) in [5.41, 5.74) is 0.376. The first-order valence-electron chi connectivity index (χ1n) is 11.2. The van der Waals surface area contributed by atoms with E-state index in [0.29, 0.717) is 5.56 Å². The molecule has 4 atom stereocenters. The zero-order valence-electron chi connectivity index (χ0n) is 19.1. The van der Waals surface area contributed by atoms with Gasteiger partial charge in [0.15, 0.2) is 5.75 Å². The fourth-order valence-electron chi connectivity index (χ4n) is 5.19. The van der Waals surface area contributed by atoms with Crippen molar-refractivity contribution in [2.45, 2.75) is 13.0 Å². The summed E-state index contributed by atoms with van der Waals surface area (Å²) in [6.07, 6.45) is 5.97. The van der Waals surface area contributed by atoms with E-state index in [0.717, 1.165) is 11.4 Å². The van der Waals surface area contributed by atoms with Crippen molar-refractivity contribution in [3.63, 3.8) is 0 Å². The van der Waals surface area contributed by atoms with E-state index in [-0.39, 0.29) is 52.9 Å². The highest BCUT2D eigenvalue weighted by Crippen LogP contribution is 2.52. The fourth-order valence-corrected chi connectivity index (χ4v) is 5.19. The number of nitro benzene ring substituents is 1. The second kappa shape index (κ2) is 8.91. The predicted molar refractivity (Wildman–Crippen MR) is 125 cm³/mol. The molecule has 1 heterocycles. The summed E-state index contributed by atoms with van der Waals surface area (Å²) in [6.45, 7) is -0.137. The highest BCUT2D eigenvalue weighted by Gasteiger charge is 2.59. The molecule has 0 aromatic heterocycles. The van der Waals surface area contributed by atoms with Gasteiger partial charge in [0, 0.05) is 11.6 Å². The molecule has 2 aromatic rings. The van der Waals surface area contributed by atoms with Gasteiger partial charge in [0.2, 0.25) is 5.75 Å². The number of hydrogen-bond donors (Lipinski definition) is 1. The standard InChI is InChI=1S/C25H21N3O8/c1-35-19-9-14(11-26-27-23(29)20-15-5-6-16(10-15)21(20)24(27)30)8-18(28(33)34)22(19)36-12-13-3-2-4-17(7-13)25(31)32/h2-9,11,15-16,20-21H,10,12H2,1H3,(H,31,32)/t15-,16-,20-,21+/m0/s1. The van der Waals surface area contributed by atoms with Crippen LogP contribution in [0.15, 0.2) is 53.7 Å². The first-order valence-corrected chi connectivity index (χ1v) is 11.2. The maximum atomic E-state index is 12.8. The molecular weight excluding hydrogens is 470 g/mol. The van der Waals surface area contributed by atoms with E-state index in [1.807, 2.05) is 12.2 Å². The molecule has 2 fully saturated rings. The second-order valence-electron chi connectivity index (χ2n) is 8.86. The Labute approximate surface area is 204 Å². The van der Waals surface area contributed by atoms with Gasteiger partial charge >= 0.3 is 11.7 Å². The van der Waals surface area contributed by atoms with Gasteiger partial charge in [-0.3, -0.25) is 19.7 Å². The number of methoxy groups -OCH3 is 1. The number of amides is 2. The van der Waals surface area contributed by atoms with Crippen LogP contribution in [-0.4, -0.2) is 46.1 Å². The molecule has 11 nitrogen and oxygen atoms in total. The lowest BCUT2D eigenvalue weighted by Crippen LogP contribution is -2.28. The molecule has 1 aliphatic heterocycles. The third-order valence-electron chi connectivity index (χ3n) is 6.80. The number of fused-ring (bicyclic) bond motifs is 5. The van der Waals surface area contributed by atoms with Crippen LogP contribution in [0.5, 0.6) is 11.5 Å². The summed E-state index contributed by atoms with van der Waals surface area (Å²) in [6, 6.07) is 8.65. The first kappa shape index (κ1) is 23.2. The molecule has 11 heteroatoms. The highest BCUT2D eigenvalue weighted by atomic mass is 16.6. The minimum Gasteiger partial charge on any atom is -0.493 e. The van der Waals surface area contributed by atoms with Crippen LogP contribution in [0.4, 0.5) is 5.69 Å². The molecule has 2 bridgehead atoms. The summed E-state index contributed by atoms with van der Waals surface area (Å²) in [7, 11) is 1.31. The highest BCUT2D eigenvalue weighted by molar-refractivity contribution is 6.06. The number of benzene rings is 2. The summed E-state index contributed by atoms with van der Waals surface area (Å²) < 4.78 is 11.0. The number of imide groups is 1. The number of allylic oxidation sites excluding steroid dienone is 2. The van der Waals surface area contributed by atoms with Crippen molar-refractivity contribution < 1.29 is 33.9 Å². The monoisotopic (exact) mass is 491 g/mol. The van der Waals surface area contributed by atoms with Crippen LogP contribution in [0, 0.1) is 33.8 Å². The Morgan fingerprint density at radius 3 is 2.50 bits per heavy atom. The maximum Gasteiger partial charge on any atom is 0.335 e. The van der Waals surface area contributed by atoms with Crippen LogP contribution in [-0.2, 0) is 16.2 Å². The number of hydrazone groups is 1. The van der Waals surface area contributed by atoms with Crippen molar-refractivity contribution in [2.24, 2.45) is 28.8 Å². The van der Waals surface area contributed by atoms with Crippen LogP contribution < -0.4 is 9.47 Å². The quantitative estimate of drug-likeness (QED) is 0.195. The summed E-state index contributed by atoms with van der Waals surface area (Å²) in [4.78, 5) is 48.0. The summed E-state index contributed by atoms with van der Waals surface area (Å²) in [5.74, 6) is -2.63. The lowest BCUT2D eigenvalue weighted by Gasteiger charge is -2.13. The van der Waals surface area contributed by atoms with Gasteiger partial charge in [-0.05, 0) is 42.0 Å². The predicted octanol–water partition coefficient (Wildman–Crippen LogP) is 3.02. The number of carbonyl (C=O) groups excluding carboxylic acids is 2. The second-order valence-corrected chi connectivity index (χ2v) is 8.86. The summed E-state index contributed by atoms with van der Waals surface area (Å²) >= 11 is 0. The van der Waals surface area contributed by atoms with Crippen molar-refractivity contribution in [1.29, 1.82) is 0 Å². The molecule has 5 rings (SSSR count). The molecule has 3 aliphatic rings. The van der Waals surface area contributed by atoms with Crippen LogP contribution in [0.25, 0.3) is 0 Å². The maximum absolute atomic E-state index is 12.8. The largest absolute Gasteiger partial charge is 0.493 e. The van der Waals surface area contributed by atoms with Gasteiger partial charge in [-0.15, -0.1) is 0 Å².